The first-order valence-corrected chi connectivity index (χ1v) is 9.15. The number of halogens is 1. The largest absolute Gasteiger partial charge is 0.497 e. The molecule has 1 aliphatic heterocycles. The summed E-state index contributed by atoms with van der Waals surface area (Å²) >= 11 is 0. The number of carbonyl (C=O) groups excluding carboxylic acids is 2. The molecule has 30 heavy (non-hydrogen) atoms. The fraction of sp³-hybridized carbons (Fsp3) is 0.0833. The van der Waals surface area contributed by atoms with Crippen LogP contribution in [-0.2, 0) is 0 Å². The first-order valence-electron chi connectivity index (χ1n) is 9.15. The minimum atomic E-state index is -0.545. The lowest BCUT2D eigenvalue weighted by molar-refractivity contribution is 0.0734. The van der Waals surface area contributed by atoms with E-state index in [9.17, 15) is 14.0 Å². The molecule has 1 aliphatic rings. The first kappa shape index (κ1) is 19.4. The average molecular weight is 404 g/mol. The van der Waals surface area contributed by atoms with E-state index in [0.29, 0.717) is 33.8 Å². The molecule has 3 aromatic rings. The number of ketones is 1. The smallest absolute Gasteiger partial charge is 0.343 e. The number of methoxy groups -OCH3 is 1. The van der Waals surface area contributed by atoms with Crippen LogP contribution >= 0.6 is 0 Å². The van der Waals surface area contributed by atoms with Gasteiger partial charge in [0.05, 0.1) is 18.2 Å². The van der Waals surface area contributed by atoms with Crippen molar-refractivity contribution in [3.05, 3.63) is 94.5 Å². The number of hydrogen-bond donors (Lipinski definition) is 0. The van der Waals surface area contributed by atoms with Crippen molar-refractivity contribution in [1.29, 1.82) is 0 Å². The van der Waals surface area contributed by atoms with Gasteiger partial charge in [0.1, 0.15) is 23.1 Å². The summed E-state index contributed by atoms with van der Waals surface area (Å²) in [7, 11) is 1.54. The Morgan fingerprint density at radius 3 is 2.50 bits per heavy atom. The van der Waals surface area contributed by atoms with Crippen molar-refractivity contribution in [2.75, 3.05) is 7.11 Å². The van der Waals surface area contributed by atoms with Crippen molar-refractivity contribution < 1.29 is 28.2 Å². The lowest BCUT2D eigenvalue weighted by Crippen LogP contribution is -2.08. The molecule has 0 aromatic heterocycles. The zero-order chi connectivity index (χ0) is 21.3. The summed E-state index contributed by atoms with van der Waals surface area (Å²) in [5.41, 5.74) is 1.87. The number of benzene rings is 3. The molecule has 1 heterocycles. The molecule has 0 unspecified atom stereocenters. The van der Waals surface area contributed by atoms with Gasteiger partial charge in [-0.3, -0.25) is 4.79 Å². The third-order valence-corrected chi connectivity index (χ3v) is 4.63. The molecule has 0 spiro atoms. The van der Waals surface area contributed by atoms with Crippen molar-refractivity contribution in [1.82, 2.24) is 0 Å². The minimum Gasteiger partial charge on any atom is -0.497 e. The molecule has 0 fully saturated rings. The Bertz CT molecular complexity index is 1180. The molecule has 6 heteroatoms. The standard InChI is InChI=1S/C24H17FO5/c1-14-10-19(29-24(27)16-6-8-18(28-2)9-7-16)13-20-22(14)23(26)21(30-20)12-15-4-3-5-17(25)11-15/h3-13H,1-2H3/b21-12-. The molecule has 0 radical (unpaired) electrons. The van der Waals surface area contributed by atoms with Crippen molar-refractivity contribution in [2.24, 2.45) is 0 Å². The Morgan fingerprint density at radius 2 is 1.80 bits per heavy atom. The van der Waals surface area contributed by atoms with Crippen molar-refractivity contribution in [3.63, 3.8) is 0 Å². The summed E-state index contributed by atoms with van der Waals surface area (Å²) in [5.74, 6) is 0.00158. The molecular weight excluding hydrogens is 387 g/mol. The topological polar surface area (TPSA) is 61.8 Å². The van der Waals surface area contributed by atoms with Crippen LogP contribution in [0.1, 0.15) is 31.8 Å². The highest BCUT2D eigenvalue weighted by molar-refractivity contribution is 6.15. The number of allylic oxidation sites excluding steroid dienone is 1. The molecular formula is C24H17FO5. The summed E-state index contributed by atoms with van der Waals surface area (Å²) < 4.78 is 29.6. The van der Waals surface area contributed by atoms with Gasteiger partial charge >= 0.3 is 5.97 Å². The number of Topliss-reactive ketones (excluding diaryl/α,β-unsaturated/α-hetero) is 1. The van der Waals surface area contributed by atoms with E-state index < -0.39 is 11.8 Å². The first-order chi connectivity index (χ1) is 14.4. The molecule has 0 saturated carbocycles. The molecule has 0 aliphatic carbocycles. The Labute approximate surface area is 172 Å². The van der Waals surface area contributed by atoms with E-state index in [1.165, 1.54) is 24.3 Å². The predicted molar refractivity (Wildman–Crippen MR) is 108 cm³/mol. The number of hydrogen-bond acceptors (Lipinski definition) is 5. The Hall–Kier alpha value is -3.93. The molecule has 3 aromatic carbocycles. The van der Waals surface area contributed by atoms with Gasteiger partial charge in [-0.2, -0.15) is 0 Å². The van der Waals surface area contributed by atoms with Gasteiger partial charge in [-0.25, -0.2) is 9.18 Å². The highest BCUT2D eigenvalue weighted by Gasteiger charge is 2.30. The maximum Gasteiger partial charge on any atom is 0.343 e. The van der Waals surface area contributed by atoms with Crippen LogP contribution < -0.4 is 14.2 Å². The van der Waals surface area contributed by atoms with E-state index in [4.69, 9.17) is 14.2 Å². The highest BCUT2D eigenvalue weighted by atomic mass is 19.1. The Balaban J connectivity index is 1.58. The molecule has 0 N–H and O–H groups in total. The molecule has 0 saturated heterocycles. The van der Waals surface area contributed by atoms with Crippen LogP contribution in [0.25, 0.3) is 6.08 Å². The van der Waals surface area contributed by atoms with E-state index in [1.54, 1.807) is 56.5 Å². The molecule has 0 bridgehead atoms. The zero-order valence-corrected chi connectivity index (χ0v) is 16.3. The quantitative estimate of drug-likeness (QED) is 0.349. The average Bonchev–Trinajstić information content (AvgIpc) is 3.03. The van der Waals surface area contributed by atoms with Gasteiger partial charge in [0.2, 0.25) is 5.78 Å². The van der Waals surface area contributed by atoms with E-state index in [0.717, 1.165) is 0 Å². The molecule has 0 amide bonds. The van der Waals surface area contributed by atoms with Gasteiger partial charge in [-0.1, -0.05) is 12.1 Å². The van der Waals surface area contributed by atoms with Crippen LogP contribution in [0.2, 0.25) is 0 Å². The molecule has 5 nitrogen and oxygen atoms in total. The number of esters is 1. The van der Waals surface area contributed by atoms with Crippen LogP contribution in [0.4, 0.5) is 4.39 Å². The van der Waals surface area contributed by atoms with Gasteiger partial charge in [0.15, 0.2) is 5.76 Å². The monoisotopic (exact) mass is 404 g/mol. The summed E-state index contributed by atoms with van der Waals surface area (Å²) in [6.07, 6.45) is 1.48. The van der Waals surface area contributed by atoms with Crippen LogP contribution in [0.15, 0.2) is 66.4 Å². The van der Waals surface area contributed by atoms with Gasteiger partial charge in [-0.15, -0.1) is 0 Å². The summed E-state index contributed by atoms with van der Waals surface area (Å²) in [6, 6.07) is 15.5. The maximum atomic E-state index is 13.4. The van der Waals surface area contributed by atoms with Gasteiger partial charge < -0.3 is 14.2 Å². The van der Waals surface area contributed by atoms with E-state index in [-0.39, 0.29) is 17.3 Å². The van der Waals surface area contributed by atoms with E-state index >= 15 is 0 Å². The molecule has 4 rings (SSSR count). The maximum absolute atomic E-state index is 13.4. The number of fused-ring (bicyclic) bond motifs is 1. The zero-order valence-electron chi connectivity index (χ0n) is 16.3. The van der Waals surface area contributed by atoms with Crippen molar-refractivity contribution >= 4 is 17.8 Å². The second-order valence-corrected chi connectivity index (χ2v) is 6.73. The third-order valence-electron chi connectivity index (χ3n) is 4.63. The Kier molecular flexibility index (Phi) is 5.06. The van der Waals surface area contributed by atoms with Crippen LogP contribution in [0.3, 0.4) is 0 Å². The number of aryl methyl sites for hydroxylation is 1. The molecule has 150 valence electrons. The Morgan fingerprint density at radius 1 is 1.03 bits per heavy atom. The molecule has 0 atom stereocenters. The number of rotatable bonds is 4. The van der Waals surface area contributed by atoms with Crippen LogP contribution in [-0.4, -0.2) is 18.9 Å². The third kappa shape index (κ3) is 3.80. The minimum absolute atomic E-state index is 0.0809. The second-order valence-electron chi connectivity index (χ2n) is 6.73. The van der Waals surface area contributed by atoms with Gasteiger partial charge in [0, 0.05) is 6.07 Å². The fourth-order valence-corrected chi connectivity index (χ4v) is 3.18. The summed E-state index contributed by atoms with van der Waals surface area (Å²) in [4.78, 5) is 25.1. The van der Waals surface area contributed by atoms with Gasteiger partial charge in [-0.05, 0) is 66.6 Å². The van der Waals surface area contributed by atoms with Crippen LogP contribution in [0.5, 0.6) is 17.2 Å². The van der Waals surface area contributed by atoms with E-state index in [1.807, 2.05) is 0 Å². The predicted octanol–water partition coefficient (Wildman–Crippen LogP) is 4.98. The normalized spacial score (nSPS) is 13.7. The fourth-order valence-electron chi connectivity index (χ4n) is 3.18. The van der Waals surface area contributed by atoms with Crippen LogP contribution in [0, 0.1) is 12.7 Å². The number of carbonyl (C=O) groups is 2. The highest BCUT2D eigenvalue weighted by Crippen LogP contribution is 2.37. The SMILES string of the molecule is COc1ccc(C(=O)Oc2cc(C)c3c(c2)O/C(=C\c2cccc(F)c2)C3=O)cc1. The van der Waals surface area contributed by atoms with Crippen molar-refractivity contribution in [2.45, 2.75) is 6.92 Å². The van der Waals surface area contributed by atoms with E-state index in [2.05, 4.69) is 0 Å². The van der Waals surface area contributed by atoms with Gasteiger partial charge in [0.25, 0.3) is 0 Å². The lowest BCUT2D eigenvalue weighted by Gasteiger charge is -2.08. The second kappa shape index (κ2) is 7.83. The number of ether oxygens (including phenoxy) is 3. The van der Waals surface area contributed by atoms with Crippen molar-refractivity contribution in [3.8, 4) is 17.2 Å². The summed E-state index contributed by atoms with van der Waals surface area (Å²) in [6.45, 7) is 1.73. The lowest BCUT2D eigenvalue weighted by atomic mass is 10.0. The summed E-state index contributed by atoms with van der Waals surface area (Å²) in [5, 5.41) is 0.